The number of nitrogens with two attached hydrogens (primary N) is 1. The number of alkyl halides is 2. The highest BCUT2D eigenvalue weighted by molar-refractivity contribution is 7.89. The molecular formula is C16H23F2N3O3S. The van der Waals surface area contributed by atoms with Gasteiger partial charge in [0.2, 0.25) is 15.9 Å². The third-order valence-corrected chi connectivity index (χ3v) is 6.02. The molecule has 1 heterocycles. The van der Waals surface area contributed by atoms with Gasteiger partial charge >= 0.3 is 0 Å². The SMILES string of the molecule is NCC(F)(F)CNC(=O)CCc1ccc(S(=O)(=O)N2CCCC2)cc1. The molecule has 0 atom stereocenters. The summed E-state index contributed by atoms with van der Waals surface area (Å²) in [5, 5.41) is 2.15. The summed E-state index contributed by atoms with van der Waals surface area (Å²) in [6.45, 7) is -0.523. The molecule has 1 aliphatic rings. The molecule has 0 aromatic heterocycles. The fourth-order valence-corrected chi connectivity index (χ4v) is 4.07. The Balaban J connectivity index is 1.87. The maximum Gasteiger partial charge on any atom is 0.277 e. The number of carbonyl (C=O) groups is 1. The zero-order valence-electron chi connectivity index (χ0n) is 13.9. The van der Waals surface area contributed by atoms with Crippen LogP contribution in [0.25, 0.3) is 0 Å². The largest absolute Gasteiger partial charge is 0.350 e. The van der Waals surface area contributed by atoms with Crippen molar-refractivity contribution in [1.29, 1.82) is 0 Å². The fraction of sp³-hybridized carbons (Fsp3) is 0.562. The van der Waals surface area contributed by atoms with E-state index >= 15 is 0 Å². The molecule has 0 aliphatic carbocycles. The molecule has 140 valence electrons. The first-order chi connectivity index (χ1) is 11.7. The van der Waals surface area contributed by atoms with Crippen molar-refractivity contribution in [3.63, 3.8) is 0 Å². The molecule has 1 saturated heterocycles. The Bertz CT molecular complexity index is 687. The average Bonchev–Trinajstić information content (AvgIpc) is 3.14. The van der Waals surface area contributed by atoms with Crippen molar-refractivity contribution in [2.75, 3.05) is 26.2 Å². The van der Waals surface area contributed by atoms with Gasteiger partial charge in [0.1, 0.15) is 0 Å². The van der Waals surface area contributed by atoms with Gasteiger partial charge < -0.3 is 11.1 Å². The van der Waals surface area contributed by atoms with Crippen LogP contribution in [0.2, 0.25) is 0 Å². The zero-order chi connectivity index (χ0) is 18.5. The Hall–Kier alpha value is -1.58. The topological polar surface area (TPSA) is 92.5 Å². The van der Waals surface area contributed by atoms with E-state index in [-0.39, 0.29) is 11.3 Å². The van der Waals surface area contributed by atoms with E-state index in [2.05, 4.69) is 5.32 Å². The summed E-state index contributed by atoms with van der Waals surface area (Å²) in [4.78, 5) is 11.8. The van der Waals surface area contributed by atoms with Gasteiger partial charge in [0, 0.05) is 19.5 Å². The monoisotopic (exact) mass is 375 g/mol. The number of rotatable bonds is 8. The Morgan fingerprint density at radius 1 is 1.20 bits per heavy atom. The van der Waals surface area contributed by atoms with E-state index in [0.717, 1.165) is 18.4 Å². The van der Waals surface area contributed by atoms with Crippen LogP contribution in [0.15, 0.2) is 29.2 Å². The molecule has 6 nitrogen and oxygen atoms in total. The van der Waals surface area contributed by atoms with Gasteiger partial charge in [-0.15, -0.1) is 0 Å². The number of hydrogen-bond acceptors (Lipinski definition) is 4. The molecule has 2 rings (SSSR count). The summed E-state index contributed by atoms with van der Waals surface area (Å²) in [7, 11) is -3.46. The van der Waals surface area contributed by atoms with Gasteiger partial charge in [-0.1, -0.05) is 12.1 Å². The molecule has 3 N–H and O–H groups in total. The van der Waals surface area contributed by atoms with Crippen LogP contribution in [-0.4, -0.2) is 50.7 Å². The summed E-state index contributed by atoms with van der Waals surface area (Å²) in [5.74, 6) is -3.61. The molecule has 1 aromatic rings. The molecule has 1 aromatic carbocycles. The van der Waals surface area contributed by atoms with Crippen molar-refractivity contribution in [3.05, 3.63) is 29.8 Å². The molecule has 0 radical (unpaired) electrons. The van der Waals surface area contributed by atoms with Crippen molar-refractivity contribution in [2.45, 2.75) is 36.5 Å². The normalized spacial score (nSPS) is 16.1. The quantitative estimate of drug-likeness (QED) is 0.712. The molecule has 1 aliphatic heterocycles. The van der Waals surface area contributed by atoms with E-state index in [1.54, 1.807) is 12.1 Å². The van der Waals surface area contributed by atoms with Gasteiger partial charge in [-0.05, 0) is 37.0 Å². The van der Waals surface area contributed by atoms with E-state index in [9.17, 15) is 22.0 Å². The van der Waals surface area contributed by atoms with Gasteiger partial charge in [0.25, 0.3) is 5.92 Å². The predicted octanol–water partition coefficient (Wildman–Crippen LogP) is 1.11. The van der Waals surface area contributed by atoms with Crippen LogP contribution < -0.4 is 11.1 Å². The summed E-state index contributed by atoms with van der Waals surface area (Å²) >= 11 is 0. The van der Waals surface area contributed by atoms with Crippen molar-refractivity contribution in [2.24, 2.45) is 5.73 Å². The fourth-order valence-electron chi connectivity index (χ4n) is 2.55. The lowest BCUT2D eigenvalue weighted by Gasteiger charge is -2.16. The van der Waals surface area contributed by atoms with Crippen LogP contribution in [0.3, 0.4) is 0 Å². The lowest BCUT2D eigenvalue weighted by atomic mass is 10.1. The second kappa shape index (κ2) is 8.20. The highest BCUT2D eigenvalue weighted by atomic mass is 32.2. The van der Waals surface area contributed by atoms with Crippen LogP contribution in [0.4, 0.5) is 8.78 Å². The number of sulfonamides is 1. The Morgan fingerprint density at radius 2 is 1.80 bits per heavy atom. The third kappa shape index (κ3) is 5.45. The second-order valence-corrected chi connectivity index (χ2v) is 8.03. The molecule has 9 heteroatoms. The average molecular weight is 375 g/mol. The number of hydrogen-bond donors (Lipinski definition) is 2. The van der Waals surface area contributed by atoms with Crippen LogP contribution in [0, 0.1) is 0 Å². The first-order valence-electron chi connectivity index (χ1n) is 8.18. The summed E-state index contributed by atoms with van der Waals surface area (Å²) in [5.41, 5.74) is 5.66. The minimum absolute atomic E-state index is 0.0405. The minimum Gasteiger partial charge on any atom is -0.350 e. The van der Waals surface area contributed by atoms with E-state index in [1.807, 2.05) is 0 Å². The maximum atomic E-state index is 13.0. The van der Waals surface area contributed by atoms with Crippen LogP contribution >= 0.6 is 0 Å². The number of amides is 1. The highest BCUT2D eigenvalue weighted by Crippen LogP contribution is 2.21. The zero-order valence-corrected chi connectivity index (χ0v) is 14.7. The van der Waals surface area contributed by atoms with Gasteiger partial charge in [-0.2, -0.15) is 4.31 Å². The Labute approximate surface area is 146 Å². The number of aryl methyl sites for hydroxylation is 1. The predicted molar refractivity (Wildman–Crippen MR) is 89.8 cm³/mol. The second-order valence-electron chi connectivity index (χ2n) is 6.09. The highest BCUT2D eigenvalue weighted by Gasteiger charge is 2.28. The van der Waals surface area contributed by atoms with Crippen molar-refractivity contribution in [1.82, 2.24) is 9.62 Å². The summed E-state index contributed by atoms with van der Waals surface area (Å²) < 4.78 is 52.2. The van der Waals surface area contributed by atoms with Gasteiger partial charge in [0.05, 0.1) is 18.0 Å². The molecule has 25 heavy (non-hydrogen) atoms. The van der Waals surface area contributed by atoms with Crippen LogP contribution in [0.5, 0.6) is 0 Å². The van der Waals surface area contributed by atoms with Gasteiger partial charge in [0.15, 0.2) is 0 Å². The molecule has 1 amide bonds. The molecule has 0 bridgehead atoms. The first kappa shape index (κ1) is 19.7. The number of nitrogens with one attached hydrogen (secondary N) is 1. The third-order valence-electron chi connectivity index (χ3n) is 4.11. The maximum absolute atomic E-state index is 13.0. The smallest absolute Gasteiger partial charge is 0.277 e. The summed E-state index contributed by atoms with van der Waals surface area (Å²) in [6, 6.07) is 6.32. The number of halogens is 2. The molecule has 1 fully saturated rings. The van der Waals surface area contributed by atoms with E-state index < -0.39 is 34.9 Å². The first-order valence-corrected chi connectivity index (χ1v) is 9.62. The molecule has 0 saturated carbocycles. The van der Waals surface area contributed by atoms with Crippen molar-refractivity contribution < 1.29 is 22.0 Å². The molecule has 0 spiro atoms. The Morgan fingerprint density at radius 3 is 2.36 bits per heavy atom. The van der Waals surface area contributed by atoms with Crippen molar-refractivity contribution in [3.8, 4) is 0 Å². The standard InChI is InChI=1S/C16H23F2N3O3S/c17-16(18,11-19)12-20-15(22)8-5-13-3-6-14(7-4-13)25(23,24)21-9-1-2-10-21/h3-4,6-7H,1-2,5,8-12,19H2,(H,20,22). The van der Waals surface area contributed by atoms with E-state index in [1.165, 1.54) is 16.4 Å². The van der Waals surface area contributed by atoms with Crippen molar-refractivity contribution >= 4 is 15.9 Å². The lowest BCUT2D eigenvalue weighted by Crippen LogP contribution is -2.41. The lowest BCUT2D eigenvalue weighted by molar-refractivity contribution is -0.122. The van der Waals surface area contributed by atoms with Crippen LogP contribution in [-0.2, 0) is 21.2 Å². The van der Waals surface area contributed by atoms with Crippen LogP contribution in [0.1, 0.15) is 24.8 Å². The number of carbonyl (C=O) groups excluding carboxylic acids is 1. The van der Waals surface area contributed by atoms with Gasteiger partial charge in [-0.3, -0.25) is 4.79 Å². The summed E-state index contributed by atoms with van der Waals surface area (Å²) in [6.07, 6.45) is 2.12. The number of benzene rings is 1. The van der Waals surface area contributed by atoms with Gasteiger partial charge in [-0.25, -0.2) is 17.2 Å². The Kier molecular flexibility index (Phi) is 6.47. The minimum atomic E-state index is -3.46. The molecular weight excluding hydrogens is 352 g/mol. The molecule has 0 unspecified atom stereocenters. The van der Waals surface area contributed by atoms with E-state index in [0.29, 0.717) is 19.5 Å². The van der Waals surface area contributed by atoms with E-state index in [4.69, 9.17) is 5.73 Å². The number of nitrogens with zero attached hydrogens (tertiary/aromatic N) is 1.